The van der Waals surface area contributed by atoms with Crippen molar-refractivity contribution in [3.63, 3.8) is 0 Å². The minimum absolute atomic E-state index is 0.301. The summed E-state index contributed by atoms with van der Waals surface area (Å²) in [5.41, 5.74) is 2.11. The summed E-state index contributed by atoms with van der Waals surface area (Å²) in [6.07, 6.45) is 0.780. The van der Waals surface area contributed by atoms with Crippen LogP contribution in [0.2, 0.25) is 0 Å². The Morgan fingerprint density at radius 1 is 1.04 bits per heavy atom. The van der Waals surface area contributed by atoms with E-state index in [0.717, 1.165) is 22.4 Å². The first kappa shape index (κ1) is 19.6. The lowest BCUT2D eigenvalue weighted by atomic mass is 9.81. The number of hydrogen-bond acceptors (Lipinski definition) is 3. The molecule has 4 amide bonds. The molecule has 6 nitrogen and oxygen atoms in total. The molecule has 1 fully saturated rings. The zero-order chi connectivity index (χ0) is 20.3. The van der Waals surface area contributed by atoms with E-state index in [1.807, 2.05) is 69.3 Å². The lowest BCUT2D eigenvalue weighted by Crippen LogP contribution is -2.46. The van der Waals surface area contributed by atoms with Crippen LogP contribution in [0.15, 0.2) is 48.5 Å². The molecule has 0 radical (unpaired) electrons. The molecule has 1 saturated heterocycles. The van der Waals surface area contributed by atoms with Crippen molar-refractivity contribution >= 4 is 17.8 Å². The number of imide groups is 1. The first-order valence-corrected chi connectivity index (χ1v) is 9.44. The maximum Gasteiger partial charge on any atom is 0.326 e. The van der Waals surface area contributed by atoms with Crippen molar-refractivity contribution in [3.05, 3.63) is 70.8 Å². The highest BCUT2D eigenvalue weighted by molar-refractivity contribution is 6.11. The van der Waals surface area contributed by atoms with Crippen LogP contribution >= 0.6 is 0 Å². The van der Waals surface area contributed by atoms with Gasteiger partial charge in [-0.1, -0.05) is 55.5 Å². The molecule has 0 unspecified atom stereocenters. The normalized spacial score (nSPS) is 18.9. The summed E-state index contributed by atoms with van der Waals surface area (Å²) in [7, 11) is 0. The summed E-state index contributed by atoms with van der Waals surface area (Å²) < 4.78 is 0. The molecule has 1 aliphatic heterocycles. The predicted octanol–water partition coefficient (Wildman–Crippen LogP) is 2.63. The Hall–Kier alpha value is -3.15. The van der Waals surface area contributed by atoms with Gasteiger partial charge in [0.15, 0.2) is 5.54 Å². The third-order valence-corrected chi connectivity index (χ3v) is 5.13. The molecule has 1 heterocycles. The molecule has 3 rings (SSSR count). The van der Waals surface area contributed by atoms with Crippen molar-refractivity contribution in [2.75, 3.05) is 13.1 Å². The van der Waals surface area contributed by atoms with Crippen LogP contribution in [-0.4, -0.2) is 35.8 Å². The molecule has 0 saturated carbocycles. The Bertz CT molecular complexity index is 910. The number of rotatable bonds is 6. The molecule has 6 heteroatoms. The number of carbonyl (C=O) groups excluding carboxylic acids is 3. The molecular formula is C22H25N3O3. The summed E-state index contributed by atoms with van der Waals surface area (Å²) in [6, 6.07) is 14.3. The lowest BCUT2D eigenvalue weighted by molar-refractivity contribution is -0.134. The Kier molecular flexibility index (Phi) is 5.49. The Labute approximate surface area is 164 Å². The van der Waals surface area contributed by atoms with E-state index >= 15 is 0 Å². The average molecular weight is 379 g/mol. The average Bonchev–Trinajstić information content (AvgIpc) is 2.94. The van der Waals surface area contributed by atoms with Crippen LogP contribution in [0.25, 0.3) is 0 Å². The second-order valence-electron chi connectivity index (χ2n) is 7.09. The van der Waals surface area contributed by atoms with Crippen molar-refractivity contribution in [1.29, 1.82) is 0 Å². The van der Waals surface area contributed by atoms with Crippen LogP contribution < -0.4 is 10.6 Å². The second kappa shape index (κ2) is 7.84. The van der Waals surface area contributed by atoms with Gasteiger partial charge in [-0.15, -0.1) is 0 Å². The first-order valence-electron chi connectivity index (χ1n) is 9.44. The van der Waals surface area contributed by atoms with Gasteiger partial charge in [0.2, 0.25) is 5.91 Å². The maximum atomic E-state index is 13.5. The highest BCUT2D eigenvalue weighted by Crippen LogP contribution is 2.36. The topological polar surface area (TPSA) is 78.5 Å². The van der Waals surface area contributed by atoms with Crippen LogP contribution in [0.4, 0.5) is 4.79 Å². The minimum atomic E-state index is -1.35. The summed E-state index contributed by atoms with van der Waals surface area (Å²) in [5, 5.41) is 5.58. The molecule has 2 aromatic carbocycles. The molecule has 146 valence electrons. The third kappa shape index (κ3) is 3.38. The summed E-state index contributed by atoms with van der Waals surface area (Å²) in [4.78, 5) is 39.4. The van der Waals surface area contributed by atoms with Crippen LogP contribution in [-0.2, 0) is 15.1 Å². The zero-order valence-corrected chi connectivity index (χ0v) is 16.4. The van der Waals surface area contributed by atoms with E-state index in [9.17, 15) is 14.4 Å². The largest absolute Gasteiger partial charge is 0.355 e. The maximum absolute atomic E-state index is 13.5. The van der Waals surface area contributed by atoms with Crippen molar-refractivity contribution in [2.24, 2.45) is 0 Å². The van der Waals surface area contributed by atoms with Gasteiger partial charge in [-0.3, -0.25) is 14.5 Å². The van der Waals surface area contributed by atoms with E-state index in [1.54, 1.807) is 0 Å². The van der Waals surface area contributed by atoms with E-state index in [-0.39, 0.29) is 12.5 Å². The Balaban J connectivity index is 2.06. The van der Waals surface area contributed by atoms with Crippen molar-refractivity contribution in [3.8, 4) is 0 Å². The molecule has 0 aliphatic carbocycles. The fraction of sp³-hybridized carbons (Fsp3) is 0.318. The molecule has 0 bridgehead atoms. The molecule has 2 N–H and O–H groups in total. The number of amides is 4. The van der Waals surface area contributed by atoms with Crippen molar-refractivity contribution in [2.45, 2.75) is 32.7 Å². The van der Waals surface area contributed by atoms with Crippen molar-refractivity contribution < 1.29 is 14.4 Å². The van der Waals surface area contributed by atoms with Gasteiger partial charge in [0.05, 0.1) is 0 Å². The third-order valence-electron chi connectivity index (χ3n) is 5.13. The molecular weight excluding hydrogens is 354 g/mol. The lowest BCUT2D eigenvalue weighted by Gasteiger charge is -2.28. The molecule has 0 spiro atoms. The molecule has 28 heavy (non-hydrogen) atoms. The number of urea groups is 1. The van der Waals surface area contributed by atoms with E-state index < -0.39 is 17.5 Å². The van der Waals surface area contributed by atoms with Gasteiger partial charge in [-0.2, -0.15) is 0 Å². The van der Waals surface area contributed by atoms with Gasteiger partial charge >= 0.3 is 6.03 Å². The predicted molar refractivity (Wildman–Crippen MR) is 107 cm³/mol. The number of hydrogen-bond donors (Lipinski definition) is 2. The van der Waals surface area contributed by atoms with Crippen LogP contribution in [0.3, 0.4) is 0 Å². The van der Waals surface area contributed by atoms with E-state index in [1.165, 1.54) is 0 Å². The van der Waals surface area contributed by atoms with Crippen LogP contribution in [0, 0.1) is 13.8 Å². The second-order valence-corrected chi connectivity index (χ2v) is 7.09. The number of aryl methyl sites for hydroxylation is 2. The number of benzene rings is 2. The van der Waals surface area contributed by atoms with Crippen LogP contribution in [0.1, 0.15) is 35.6 Å². The van der Waals surface area contributed by atoms with Gasteiger partial charge in [-0.25, -0.2) is 4.79 Å². The fourth-order valence-corrected chi connectivity index (χ4v) is 3.40. The van der Waals surface area contributed by atoms with E-state index in [4.69, 9.17) is 0 Å². The molecule has 1 aliphatic rings. The summed E-state index contributed by atoms with van der Waals surface area (Å²) >= 11 is 0. The van der Waals surface area contributed by atoms with E-state index in [0.29, 0.717) is 17.7 Å². The molecule has 1 atom stereocenters. The SMILES string of the molecule is CCCNC(=O)CN1C(=O)N[C@](c2ccccc2)(c2ccc(C)c(C)c2)C1=O. The van der Waals surface area contributed by atoms with Gasteiger partial charge < -0.3 is 10.6 Å². The highest BCUT2D eigenvalue weighted by Gasteiger charge is 2.54. The first-order chi connectivity index (χ1) is 13.4. The molecule has 0 aromatic heterocycles. The van der Waals surface area contributed by atoms with Gasteiger partial charge in [0, 0.05) is 6.54 Å². The standard InChI is InChI=1S/C22H25N3O3/c1-4-12-23-19(26)14-25-20(27)22(24-21(25)28,17-8-6-5-7-9-17)18-11-10-15(2)16(3)13-18/h5-11,13H,4,12,14H2,1-3H3,(H,23,26)(H,24,28)/t22-/m1/s1. The Morgan fingerprint density at radius 2 is 1.75 bits per heavy atom. The van der Waals surface area contributed by atoms with E-state index in [2.05, 4.69) is 10.6 Å². The zero-order valence-electron chi connectivity index (χ0n) is 16.4. The van der Waals surface area contributed by atoms with Gasteiger partial charge in [0.25, 0.3) is 5.91 Å². The monoisotopic (exact) mass is 379 g/mol. The number of carbonyl (C=O) groups is 3. The Morgan fingerprint density at radius 3 is 2.39 bits per heavy atom. The van der Waals surface area contributed by atoms with Crippen molar-refractivity contribution in [1.82, 2.24) is 15.5 Å². The minimum Gasteiger partial charge on any atom is -0.355 e. The van der Waals surface area contributed by atoms with Gasteiger partial charge in [-0.05, 0) is 42.5 Å². The quantitative estimate of drug-likeness (QED) is 0.758. The number of nitrogens with one attached hydrogen (secondary N) is 2. The summed E-state index contributed by atoms with van der Waals surface area (Å²) in [5.74, 6) is -0.798. The number of nitrogens with zero attached hydrogens (tertiary/aromatic N) is 1. The molecule has 2 aromatic rings. The smallest absolute Gasteiger partial charge is 0.326 e. The van der Waals surface area contributed by atoms with Gasteiger partial charge in [0.1, 0.15) is 6.54 Å². The fourth-order valence-electron chi connectivity index (χ4n) is 3.40. The summed E-state index contributed by atoms with van der Waals surface area (Å²) in [6.45, 7) is 6.10. The van der Waals surface area contributed by atoms with Crippen LogP contribution in [0.5, 0.6) is 0 Å². The highest BCUT2D eigenvalue weighted by atomic mass is 16.2.